The van der Waals surface area contributed by atoms with E-state index in [0.717, 1.165) is 19.3 Å². The minimum Gasteiger partial charge on any atom is -0.469 e. The van der Waals surface area contributed by atoms with Crippen LogP contribution in [0, 0.1) is 17.8 Å². The number of methoxy groups -OCH3 is 1. The van der Waals surface area contributed by atoms with E-state index < -0.39 is 0 Å². The Hall–Kier alpha value is -0.570. The summed E-state index contributed by atoms with van der Waals surface area (Å²) in [5.41, 5.74) is 5.67. The lowest BCUT2D eigenvalue weighted by Crippen LogP contribution is -2.37. The Kier molecular flexibility index (Phi) is 1.83. The Balaban J connectivity index is 1.77. The molecule has 3 heteroatoms. The Morgan fingerprint density at radius 2 is 2.08 bits per heavy atom. The minimum atomic E-state index is -0.0273. The molecule has 2 fully saturated rings. The van der Waals surface area contributed by atoms with E-state index in [1.165, 1.54) is 7.11 Å². The standard InChI is InChI=1S/C9H15NO2/c1-12-9(11)8-4-7(8)5-2-6(10)3-5/h5-8H,2-4,10H2,1H3/t5?,6?,7?,8-/m1/s1. The van der Waals surface area contributed by atoms with E-state index in [2.05, 4.69) is 4.74 Å². The third-order valence-electron chi connectivity index (χ3n) is 3.16. The molecule has 1 unspecified atom stereocenters. The van der Waals surface area contributed by atoms with Gasteiger partial charge < -0.3 is 10.5 Å². The summed E-state index contributed by atoms with van der Waals surface area (Å²) in [4.78, 5) is 11.1. The first kappa shape index (κ1) is 8.05. The van der Waals surface area contributed by atoms with Gasteiger partial charge in [0, 0.05) is 6.04 Å². The summed E-state index contributed by atoms with van der Waals surface area (Å²) in [6.07, 6.45) is 3.25. The van der Waals surface area contributed by atoms with E-state index in [9.17, 15) is 4.79 Å². The molecule has 0 bridgehead atoms. The normalized spacial score (nSPS) is 44.8. The summed E-state index contributed by atoms with van der Waals surface area (Å²) in [6.45, 7) is 0. The predicted octanol–water partition coefficient (Wildman–Crippen LogP) is 0.533. The second-order valence-electron chi connectivity index (χ2n) is 4.02. The van der Waals surface area contributed by atoms with Crippen molar-refractivity contribution in [3.63, 3.8) is 0 Å². The highest BCUT2D eigenvalue weighted by atomic mass is 16.5. The van der Waals surface area contributed by atoms with Crippen molar-refractivity contribution in [1.82, 2.24) is 0 Å². The van der Waals surface area contributed by atoms with Crippen LogP contribution in [0.25, 0.3) is 0 Å². The zero-order valence-corrected chi connectivity index (χ0v) is 7.32. The van der Waals surface area contributed by atoms with Crippen LogP contribution in [0.4, 0.5) is 0 Å². The molecule has 0 aliphatic heterocycles. The molecule has 68 valence electrons. The second-order valence-corrected chi connectivity index (χ2v) is 4.02. The maximum Gasteiger partial charge on any atom is 0.308 e. The highest BCUT2D eigenvalue weighted by molar-refractivity contribution is 5.75. The number of ether oxygens (including phenoxy) is 1. The van der Waals surface area contributed by atoms with E-state index >= 15 is 0 Å². The molecule has 0 aromatic heterocycles. The first-order chi connectivity index (χ1) is 5.72. The number of carbonyl (C=O) groups is 1. The zero-order valence-electron chi connectivity index (χ0n) is 7.32. The first-order valence-electron chi connectivity index (χ1n) is 4.55. The quantitative estimate of drug-likeness (QED) is 0.613. The molecule has 2 saturated carbocycles. The van der Waals surface area contributed by atoms with Gasteiger partial charge in [-0.1, -0.05) is 0 Å². The van der Waals surface area contributed by atoms with Crippen LogP contribution in [0.3, 0.4) is 0 Å². The SMILES string of the molecule is COC(=O)[C@@H]1CC1C1CC(N)C1. The van der Waals surface area contributed by atoms with Gasteiger partial charge >= 0.3 is 5.97 Å². The molecule has 3 nitrogen and oxygen atoms in total. The number of rotatable bonds is 2. The van der Waals surface area contributed by atoms with Crippen molar-refractivity contribution < 1.29 is 9.53 Å². The fourth-order valence-corrected chi connectivity index (χ4v) is 2.22. The van der Waals surface area contributed by atoms with Crippen molar-refractivity contribution in [2.75, 3.05) is 7.11 Å². The zero-order chi connectivity index (χ0) is 8.72. The van der Waals surface area contributed by atoms with E-state index in [1.54, 1.807) is 0 Å². The van der Waals surface area contributed by atoms with Crippen LogP contribution in [0.1, 0.15) is 19.3 Å². The largest absolute Gasteiger partial charge is 0.469 e. The van der Waals surface area contributed by atoms with Crippen molar-refractivity contribution in [3.05, 3.63) is 0 Å². The lowest BCUT2D eigenvalue weighted by Gasteiger charge is -2.32. The van der Waals surface area contributed by atoms with E-state index in [-0.39, 0.29) is 11.9 Å². The van der Waals surface area contributed by atoms with E-state index in [4.69, 9.17) is 5.73 Å². The van der Waals surface area contributed by atoms with Crippen LogP contribution in [0.2, 0.25) is 0 Å². The lowest BCUT2D eigenvalue weighted by atomic mass is 9.77. The molecule has 0 aromatic rings. The summed E-state index contributed by atoms with van der Waals surface area (Å²) in [6, 6.07) is 0.397. The maximum atomic E-state index is 11.1. The fourth-order valence-electron chi connectivity index (χ4n) is 2.22. The Labute approximate surface area is 72.3 Å². The molecule has 0 amide bonds. The molecule has 2 N–H and O–H groups in total. The summed E-state index contributed by atoms with van der Waals surface area (Å²) < 4.78 is 4.68. The van der Waals surface area contributed by atoms with Crippen molar-refractivity contribution in [2.24, 2.45) is 23.5 Å². The minimum absolute atomic E-state index is 0.0273. The molecular formula is C9H15NO2. The van der Waals surface area contributed by atoms with Gasteiger partial charge in [-0.3, -0.25) is 4.79 Å². The summed E-state index contributed by atoms with van der Waals surface area (Å²) in [7, 11) is 1.46. The molecule has 2 aliphatic rings. The number of carbonyl (C=O) groups excluding carboxylic acids is 1. The van der Waals surface area contributed by atoms with Crippen LogP contribution in [0.15, 0.2) is 0 Å². The number of hydrogen-bond donors (Lipinski definition) is 1. The molecule has 12 heavy (non-hydrogen) atoms. The Bertz CT molecular complexity index is 199. The smallest absolute Gasteiger partial charge is 0.308 e. The monoisotopic (exact) mass is 169 g/mol. The highest BCUT2D eigenvalue weighted by Crippen LogP contribution is 2.51. The molecule has 2 atom stereocenters. The lowest BCUT2D eigenvalue weighted by molar-refractivity contribution is -0.142. The topological polar surface area (TPSA) is 52.3 Å². The Morgan fingerprint density at radius 1 is 1.42 bits per heavy atom. The van der Waals surface area contributed by atoms with Gasteiger partial charge in [-0.25, -0.2) is 0 Å². The van der Waals surface area contributed by atoms with Gasteiger partial charge in [0.15, 0.2) is 0 Å². The van der Waals surface area contributed by atoms with Gasteiger partial charge in [-0.05, 0) is 31.1 Å². The first-order valence-corrected chi connectivity index (χ1v) is 4.55. The highest BCUT2D eigenvalue weighted by Gasteiger charge is 2.51. The molecule has 0 spiro atoms. The van der Waals surface area contributed by atoms with E-state index in [0.29, 0.717) is 17.9 Å². The summed E-state index contributed by atoms with van der Waals surface area (Å²) in [5.74, 6) is 1.48. The molecule has 0 heterocycles. The average molecular weight is 169 g/mol. The van der Waals surface area contributed by atoms with Crippen LogP contribution in [0.5, 0.6) is 0 Å². The summed E-state index contributed by atoms with van der Waals surface area (Å²) in [5, 5.41) is 0. The van der Waals surface area contributed by atoms with Gasteiger partial charge in [-0.15, -0.1) is 0 Å². The van der Waals surface area contributed by atoms with Gasteiger partial charge in [0.05, 0.1) is 13.0 Å². The molecular weight excluding hydrogens is 154 g/mol. The van der Waals surface area contributed by atoms with Gasteiger partial charge in [0.2, 0.25) is 0 Å². The van der Waals surface area contributed by atoms with Crippen LogP contribution < -0.4 is 5.73 Å². The number of nitrogens with two attached hydrogens (primary N) is 1. The van der Waals surface area contributed by atoms with Crippen LogP contribution in [-0.4, -0.2) is 19.1 Å². The Morgan fingerprint density at radius 3 is 2.58 bits per heavy atom. The molecule has 2 rings (SSSR count). The van der Waals surface area contributed by atoms with Gasteiger partial charge in [-0.2, -0.15) is 0 Å². The molecule has 2 aliphatic carbocycles. The van der Waals surface area contributed by atoms with E-state index in [1.807, 2.05) is 0 Å². The van der Waals surface area contributed by atoms with Crippen LogP contribution in [-0.2, 0) is 9.53 Å². The predicted molar refractivity (Wildman–Crippen MR) is 44.3 cm³/mol. The second kappa shape index (κ2) is 2.73. The molecule has 0 aromatic carbocycles. The average Bonchev–Trinajstić information content (AvgIpc) is 2.76. The fraction of sp³-hybridized carbons (Fsp3) is 0.889. The summed E-state index contributed by atoms with van der Waals surface area (Å²) >= 11 is 0. The third kappa shape index (κ3) is 1.22. The number of hydrogen-bond acceptors (Lipinski definition) is 3. The van der Waals surface area contributed by atoms with Crippen LogP contribution >= 0.6 is 0 Å². The van der Waals surface area contributed by atoms with Crippen molar-refractivity contribution in [2.45, 2.75) is 25.3 Å². The number of esters is 1. The molecule has 0 radical (unpaired) electrons. The van der Waals surface area contributed by atoms with Crippen molar-refractivity contribution in [3.8, 4) is 0 Å². The van der Waals surface area contributed by atoms with Gasteiger partial charge in [0.25, 0.3) is 0 Å². The third-order valence-corrected chi connectivity index (χ3v) is 3.16. The van der Waals surface area contributed by atoms with Crippen molar-refractivity contribution >= 4 is 5.97 Å². The van der Waals surface area contributed by atoms with Gasteiger partial charge in [0.1, 0.15) is 0 Å². The molecule has 0 saturated heterocycles. The van der Waals surface area contributed by atoms with Crippen molar-refractivity contribution in [1.29, 1.82) is 0 Å². The maximum absolute atomic E-state index is 11.1.